The zero-order chi connectivity index (χ0) is 22.2. The van der Waals surface area contributed by atoms with Gasteiger partial charge in [-0.1, -0.05) is 0 Å². The third-order valence-electron chi connectivity index (χ3n) is 5.18. The number of fused-ring (bicyclic) bond motifs is 1. The first-order valence-corrected chi connectivity index (χ1v) is 9.92. The summed E-state index contributed by atoms with van der Waals surface area (Å²) in [5, 5.41) is 8.06. The lowest BCUT2D eigenvalue weighted by molar-refractivity contribution is -0.114. The minimum Gasteiger partial charge on any atom is -0.381 e. The molecule has 0 spiro atoms. The third kappa shape index (κ3) is 4.31. The van der Waals surface area contributed by atoms with Crippen molar-refractivity contribution in [2.45, 2.75) is 38.7 Å². The van der Waals surface area contributed by atoms with E-state index in [9.17, 15) is 13.6 Å². The number of halogens is 2. The Kier molecular flexibility index (Phi) is 5.52. The van der Waals surface area contributed by atoms with E-state index in [2.05, 4.69) is 25.2 Å². The van der Waals surface area contributed by atoms with Crippen molar-refractivity contribution in [3.63, 3.8) is 0 Å². The zero-order valence-electron chi connectivity index (χ0n) is 17.5. The summed E-state index contributed by atoms with van der Waals surface area (Å²) in [5.74, 6) is -2.83. The topological polar surface area (TPSA) is 98.1 Å². The van der Waals surface area contributed by atoms with E-state index in [4.69, 9.17) is 9.84 Å². The van der Waals surface area contributed by atoms with Crippen molar-refractivity contribution in [3.8, 4) is 5.82 Å². The van der Waals surface area contributed by atoms with Gasteiger partial charge in [-0.3, -0.25) is 4.79 Å². The number of piperidine rings is 1. The molecule has 1 saturated heterocycles. The number of aromatic nitrogens is 5. The molecule has 1 amide bonds. The van der Waals surface area contributed by atoms with E-state index in [1.807, 2.05) is 0 Å². The number of rotatable bonds is 5. The van der Waals surface area contributed by atoms with Crippen LogP contribution in [0.5, 0.6) is 0 Å². The number of carbonyl (C=O) groups excluding carboxylic acids is 1. The van der Waals surface area contributed by atoms with Crippen LogP contribution in [0.3, 0.4) is 0 Å². The molecule has 1 aliphatic rings. The number of amides is 1. The van der Waals surface area contributed by atoms with E-state index in [-0.39, 0.29) is 17.8 Å². The second-order valence-corrected chi connectivity index (χ2v) is 7.55. The average molecular weight is 431 g/mol. The predicted molar refractivity (Wildman–Crippen MR) is 111 cm³/mol. The maximum Gasteiger partial charge on any atom is 0.303 e. The largest absolute Gasteiger partial charge is 0.381 e. The fourth-order valence-corrected chi connectivity index (χ4v) is 3.63. The zero-order valence-corrected chi connectivity index (χ0v) is 17.5. The Labute approximate surface area is 177 Å². The van der Waals surface area contributed by atoms with Crippen molar-refractivity contribution in [1.82, 2.24) is 24.7 Å². The van der Waals surface area contributed by atoms with Gasteiger partial charge in [0.05, 0.1) is 17.0 Å². The number of methoxy groups -OCH3 is 1. The van der Waals surface area contributed by atoms with Crippen LogP contribution in [0.4, 0.5) is 20.4 Å². The van der Waals surface area contributed by atoms with Crippen molar-refractivity contribution in [1.29, 1.82) is 0 Å². The fraction of sp³-hybridized carbons (Fsp3) is 0.450. The standard InChI is InChI=1S/C20H23F2N7O2/c1-12(30)25-16-10-15-14(11-24-16)18(28-8-5-13(31-3)6-9-28)27-29(15)17-4-7-23-19(26-17)20(2,21)22/h4,7,10-11,13H,5-6,8-9H2,1-3H3,(H,24,25,30). The number of nitrogens with zero attached hydrogens (tertiary/aromatic N) is 6. The molecule has 4 heterocycles. The average Bonchev–Trinajstić information content (AvgIpc) is 3.12. The normalized spacial score (nSPS) is 15.5. The van der Waals surface area contributed by atoms with Gasteiger partial charge in [-0.05, 0) is 12.8 Å². The van der Waals surface area contributed by atoms with E-state index in [1.165, 1.54) is 23.9 Å². The molecular weight excluding hydrogens is 408 g/mol. The Balaban J connectivity index is 1.83. The van der Waals surface area contributed by atoms with Gasteiger partial charge < -0.3 is 15.0 Å². The molecule has 4 rings (SSSR count). The highest BCUT2D eigenvalue weighted by Gasteiger charge is 2.29. The van der Waals surface area contributed by atoms with Gasteiger partial charge in [0.2, 0.25) is 11.7 Å². The molecule has 11 heteroatoms. The van der Waals surface area contributed by atoms with Crippen LogP contribution in [0.15, 0.2) is 24.5 Å². The Morgan fingerprint density at radius 2 is 2.03 bits per heavy atom. The first-order chi connectivity index (χ1) is 14.8. The van der Waals surface area contributed by atoms with Gasteiger partial charge in [-0.2, -0.15) is 8.78 Å². The molecule has 164 valence electrons. The lowest BCUT2D eigenvalue weighted by atomic mass is 10.1. The van der Waals surface area contributed by atoms with Crippen LogP contribution in [0.2, 0.25) is 0 Å². The molecular formula is C20H23F2N7O2. The number of hydrogen-bond donors (Lipinski definition) is 1. The third-order valence-corrected chi connectivity index (χ3v) is 5.18. The van der Waals surface area contributed by atoms with Crippen molar-refractivity contribution in [2.24, 2.45) is 0 Å². The molecule has 0 aliphatic carbocycles. The van der Waals surface area contributed by atoms with Crippen LogP contribution in [0.25, 0.3) is 16.7 Å². The highest BCUT2D eigenvalue weighted by atomic mass is 19.3. The smallest absolute Gasteiger partial charge is 0.303 e. The van der Waals surface area contributed by atoms with E-state index in [0.717, 1.165) is 38.2 Å². The van der Waals surface area contributed by atoms with Crippen molar-refractivity contribution in [3.05, 3.63) is 30.4 Å². The number of anilines is 2. The maximum absolute atomic E-state index is 13.8. The van der Waals surface area contributed by atoms with E-state index in [1.54, 1.807) is 19.4 Å². The van der Waals surface area contributed by atoms with Crippen LogP contribution < -0.4 is 10.2 Å². The number of ether oxygens (including phenoxy) is 1. The van der Waals surface area contributed by atoms with Gasteiger partial charge >= 0.3 is 5.92 Å². The molecule has 3 aromatic heterocycles. The SMILES string of the molecule is COC1CCN(c2nn(-c3ccnc(C(C)(F)F)n3)c3cc(NC(C)=O)ncc23)CC1. The molecule has 3 aromatic rings. The Hall–Kier alpha value is -3.21. The summed E-state index contributed by atoms with van der Waals surface area (Å²) in [5.41, 5.74) is 0.590. The van der Waals surface area contributed by atoms with Crippen molar-refractivity contribution < 1.29 is 18.3 Å². The number of alkyl halides is 2. The number of nitrogens with one attached hydrogen (secondary N) is 1. The summed E-state index contributed by atoms with van der Waals surface area (Å²) in [6.07, 6.45) is 4.80. The van der Waals surface area contributed by atoms with Crippen molar-refractivity contribution >= 4 is 28.4 Å². The lowest BCUT2D eigenvalue weighted by Crippen LogP contribution is -2.37. The van der Waals surface area contributed by atoms with Gasteiger partial charge in [0.25, 0.3) is 0 Å². The molecule has 1 aliphatic heterocycles. The second kappa shape index (κ2) is 8.14. The summed E-state index contributed by atoms with van der Waals surface area (Å²) in [7, 11) is 1.70. The number of hydrogen-bond acceptors (Lipinski definition) is 7. The first-order valence-electron chi connectivity index (χ1n) is 9.92. The van der Waals surface area contributed by atoms with E-state index in [0.29, 0.717) is 17.2 Å². The fourth-order valence-electron chi connectivity index (χ4n) is 3.63. The van der Waals surface area contributed by atoms with E-state index < -0.39 is 11.7 Å². The molecule has 0 aromatic carbocycles. The summed E-state index contributed by atoms with van der Waals surface area (Å²) in [4.78, 5) is 25.6. The number of carbonyl (C=O) groups is 1. The molecule has 0 saturated carbocycles. The summed E-state index contributed by atoms with van der Waals surface area (Å²) in [6, 6.07) is 3.17. The molecule has 1 fully saturated rings. The Bertz CT molecular complexity index is 1100. The number of pyridine rings is 1. The Morgan fingerprint density at radius 1 is 1.29 bits per heavy atom. The van der Waals surface area contributed by atoms with Crippen LogP contribution in [-0.4, -0.2) is 56.9 Å². The second-order valence-electron chi connectivity index (χ2n) is 7.55. The van der Waals surface area contributed by atoms with Gasteiger partial charge in [0.1, 0.15) is 5.82 Å². The highest BCUT2D eigenvalue weighted by Crippen LogP contribution is 2.32. The van der Waals surface area contributed by atoms with Gasteiger partial charge in [-0.15, -0.1) is 5.10 Å². The van der Waals surface area contributed by atoms with Crippen LogP contribution in [-0.2, 0) is 15.5 Å². The van der Waals surface area contributed by atoms with Gasteiger partial charge in [0.15, 0.2) is 11.6 Å². The lowest BCUT2D eigenvalue weighted by Gasteiger charge is -2.31. The predicted octanol–water partition coefficient (Wildman–Crippen LogP) is 2.90. The minimum atomic E-state index is -3.19. The summed E-state index contributed by atoms with van der Waals surface area (Å²) < 4.78 is 34.5. The van der Waals surface area contributed by atoms with Crippen molar-refractivity contribution in [2.75, 3.05) is 30.4 Å². The maximum atomic E-state index is 13.8. The molecule has 1 N–H and O–H groups in total. The first kappa shape index (κ1) is 21.0. The molecule has 9 nitrogen and oxygen atoms in total. The van der Waals surface area contributed by atoms with Crippen LogP contribution in [0.1, 0.15) is 32.5 Å². The summed E-state index contributed by atoms with van der Waals surface area (Å²) >= 11 is 0. The quantitative estimate of drug-likeness (QED) is 0.663. The van der Waals surface area contributed by atoms with Gasteiger partial charge in [-0.25, -0.2) is 19.6 Å². The molecule has 0 atom stereocenters. The highest BCUT2D eigenvalue weighted by molar-refractivity contribution is 5.95. The minimum absolute atomic E-state index is 0.199. The molecule has 31 heavy (non-hydrogen) atoms. The molecule has 0 radical (unpaired) electrons. The monoisotopic (exact) mass is 431 g/mol. The van der Waals surface area contributed by atoms with Crippen LogP contribution in [0, 0.1) is 0 Å². The van der Waals surface area contributed by atoms with E-state index >= 15 is 0 Å². The summed E-state index contributed by atoms with van der Waals surface area (Å²) in [6.45, 7) is 3.60. The molecule has 0 bridgehead atoms. The Morgan fingerprint density at radius 3 is 2.68 bits per heavy atom. The van der Waals surface area contributed by atoms with Gasteiger partial charge in [0, 0.05) is 58.6 Å². The molecule has 0 unspecified atom stereocenters. The van der Waals surface area contributed by atoms with Crippen LogP contribution >= 0.6 is 0 Å².